The van der Waals surface area contributed by atoms with Crippen LogP contribution in [-0.2, 0) is 11.2 Å². The van der Waals surface area contributed by atoms with Crippen LogP contribution in [0.2, 0.25) is 5.02 Å². The average Bonchev–Trinajstić information content (AvgIpc) is 3.16. The van der Waals surface area contributed by atoms with E-state index in [4.69, 9.17) is 21.4 Å². The van der Waals surface area contributed by atoms with E-state index in [1.165, 1.54) is 0 Å². The van der Waals surface area contributed by atoms with Crippen molar-refractivity contribution in [2.45, 2.75) is 6.42 Å². The first-order valence-corrected chi connectivity index (χ1v) is 9.00. The number of carbonyl (C=O) groups is 2. The number of aromatic nitrogens is 2. The zero-order valence-corrected chi connectivity index (χ0v) is 15.4. The number of carboxylic acid groups (broad SMARTS) is 1. The summed E-state index contributed by atoms with van der Waals surface area (Å²) in [5, 5.41) is 12.2. The molecule has 0 fully saturated rings. The second-order valence-electron chi connectivity index (χ2n) is 6.29. The maximum atomic E-state index is 12.2. The monoisotopic (exact) mass is 397 g/mol. The van der Waals surface area contributed by atoms with Crippen LogP contribution < -0.4 is 10.1 Å². The van der Waals surface area contributed by atoms with Gasteiger partial charge < -0.3 is 15.2 Å². The lowest BCUT2D eigenvalue weighted by molar-refractivity contribution is -0.139. The molecule has 2 aromatic carbocycles. The van der Waals surface area contributed by atoms with Crippen molar-refractivity contribution < 1.29 is 19.4 Å². The highest BCUT2D eigenvalue weighted by molar-refractivity contribution is 6.30. The molecule has 0 unspecified atom stereocenters. The molecule has 2 N–H and O–H groups in total. The Morgan fingerprint density at radius 3 is 2.93 bits per heavy atom. The van der Waals surface area contributed by atoms with Gasteiger partial charge in [0.25, 0.3) is 5.91 Å². The molecule has 0 radical (unpaired) electrons. The number of nitrogens with zero attached hydrogens (tertiary/aromatic N) is 2. The maximum Gasteiger partial charge on any atom is 0.341 e. The Labute approximate surface area is 165 Å². The molecule has 28 heavy (non-hydrogen) atoms. The molecule has 4 rings (SSSR count). The summed E-state index contributed by atoms with van der Waals surface area (Å²) >= 11 is 6.15. The Morgan fingerprint density at radius 1 is 1.25 bits per heavy atom. The largest absolute Gasteiger partial charge is 0.481 e. The van der Waals surface area contributed by atoms with Crippen molar-refractivity contribution in [3.8, 4) is 22.8 Å². The molecule has 0 spiro atoms. The summed E-state index contributed by atoms with van der Waals surface area (Å²) in [6.07, 6.45) is 4.18. The lowest BCUT2D eigenvalue weighted by atomic mass is 9.99. The van der Waals surface area contributed by atoms with E-state index in [9.17, 15) is 9.59 Å². The van der Waals surface area contributed by atoms with Gasteiger partial charge in [-0.15, -0.1) is 0 Å². The number of hydrogen-bond donors (Lipinski definition) is 2. The molecule has 8 heteroatoms. The molecule has 2 heterocycles. The standard InChI is InChI=1S/C20H16ClN3O4/c21-13-2-4-17(28-11-18(25)26)16(9-13)19-22-7-8-24(19)14-3-1-12-5-6-23-20(27)15(12)10-14/h1-4,7-10H,5-6,11H2,(H,23,27)(H,25,26). The number of hydrogen-bond acceptors (Lipinski definition) is 4. The molecular formula is C20H16ClN3O4. The molecule has 1 aromatic heterocycles. The Morgan fingerprint density at radius 2 is 2.11 bits per heavy atom. The number of nitrogens with one attached hydrogen (secondary N) is 1. The van der Waals surface area contributed by atoms with Crippen LogP contribution >= 0.6 is 11.6 Å². The zero-order valence-electron chi connectivity index (χ0n) is 14.7. The first-order chi connectivity index (χ1) is 13.5. The summed E-state index contributed by atoms with van der Waals surface area (Å²) in [5.74, 6) is -0.294. The number of fused-ring (bicyclic) bond motifs is 1. The van der Waals surface area contributed by atoms with Crippen LogP contribution in [0.1, 0.15) is 15.9 Å². The lowest BCUT2D eigenvalue weighted by Crippen LogP contribution is -2.31. The van der Waals surface area contributed by atoms with Gasteiger partial charge in [-0.05, 0) is 42.3 Å². The molecule has 1 aliphatic rings. The first-order valence-electron chi connectivity index (χ1n) is 8.62. The van der Waals surface area contributed by atoms with E-state index in [2.05, 4.69) is 10.3 Å². The average molecular weight is 398 g/mol. The van der Waals surface area contributed by atoms with Crippen molar-refractivity contribution in [1.82, 2.24) is 14.9 Å². The van der Waals surface area contributed by atoms with Gasteiger partial charge in [0.2, 0.25) is 0 Å². The minimum absolute atomic E-state index is 0.0991. The quantitative estimate of drug-likeness (QED) is 0.690. The molecule has 142 valence electrons. The van der Waals surface area contributed by atoms with Crippen LogP contribution in [0.4, 0.5) is 0 Å². The van der Waals surface area contributed by atoms with Gasteiger partial charge in [-0.1, -0.05) is 17.7 Å². The van der Waals surface area contributed by atoms with Crippen LogP contribution in [0.3, 0.4) is 0 Å². The Hall–Kier alpha value is -3.32. The number of carboxylic acids is 1. The number of benzene rings is 2. The van der Waals surface area contributed by atoms with Crippen molar-refractivity contribution in [3.05, 3.63) is 64.9 Å². The van der Waals surface area contributed by atoms with Crippen molar-refractivity contribution in [3.63, 3.8) is 0 Å². The normalized spacial score (nSPS) is 13.0. The molecular weight excluding hydrogens is 382 g/mol. The van der Waals surface area contributed by atoms with Gasteiger partial charge >= 0.3 is 5.97 Å². The van der Waals surface area contributed by atoms with E-state index in [1.54, 1.807) is 35.2 Å². The van der Waals surface area contributed by atoms with Crippen LogP contribution in [0.15, 0.2) is 48.8 Å². The highest BCUT2D eigenvalue weighted by Crippen LogP contribution is 2.33. The molecule has 3 aromatic rings. The van der Waals surface area contributed by atoms with E-state index >= 15 is 0 Å². The SMILES string of the molecule is O=C(O)COc1ccc(Cl)cc1-c1nccn1-c1ccc2c(c1)C(=O)NCC2. The fourth-order valence-electron chi connectivity index (χ4n) is 3.20. The summed E-state index contributed by atoms with van der Waals surface area (Å²) < 4.78 is 7.21. The Balaban J connectivity index is 1.79. The molecule has 0 bridgehead atoms. The molecule has 1 aliphatic heterocycles. The number of halogens is 1. The molecule has 0 aliphatic carbocycles. The molecule has 0 saturated carbocycles. The number of ether oxygens (including phenoxy) is 1. The van der Waals surface area contributed by atoms with Gasteiger partial charge in [-0.25, -0.2) is 9.78 Å². The number of carbonyl (C=O) groups excluding carboxylic acids is 1. The fraction of sp³-hybridized carbons (Fsp3) is 0.150. The maximum absolute atomic E-state index is 12.2. The summed E-state index contributed by atoms with van der Waals surface area (Å²) in [5.41, 5.74) is 2.95. The number of imidazole rings is 1. The Bertz CT molecular complexity index is 1080. The van der Waals surface area contributed by atoms with Crippen LogP contribution in [0, 0.1) is 0 Å². The summed E-state index contributed by atoms with van der Waals surface area (Å²) in [6, 6.07) is 10.6. The predicted molar refractivity (Wildman–Crippen MR) is 103 cm³/mol. The van der Waals surface area contributed by atoms with Gasteiger partial charge in [-0.2, -0.15) is 0 Å². The van der Waals surface area contributed by atoms with E-state index in [0.29, 0.717) is 34.3 Å². The Kier molecular flexibility index (Phi) is 4.75. The zero-order chi connectivity index (χ0) is 19.7. The van der Waals surface area contributed by atoms with Crippen molar-refractivity contribution in [1.29, 1.82) is 0 Å². The van der Waals surface area contributed by atoms with Gasteiger partial charge in [-0.3, -0.25) is 9.36 Å². The fourth-order valence-corrected chi connectivity index (χ4v) is 3.38. The van der Waals surface area contributed by atoms with Crippen LogP contribution in [-0.4, -0.2) is 39.7 Å². The number of amides is 1. The highest BCUT2D eigenvalue weighted by Gasteiger charge is 2.19. The van der Waals surface area contributed by atoms with Crippen molar-refractivity contribution >= 4 is 23.5 Å². The first kappa shape index (κ1) is 18.1. The third-order valence-corrected chi connectivity index (χ3v) is 4.71. The molecule has 0 saturated heterocycles. The minimum Gasteiger partial charge on any atom is -0.481 e. The van der Waals surface area contributed by atoms with E-state index < -0.39 is 12.6 Å². The smallest absolute Gasteiger partial charge is 0.341 e. The number of aliphatic carboxylic acids is 1. The predicted octanol–water partition coefficient (Wildman–Crippen LogP) is 2.94. The third-order valence-electron chi connectivity index (χ3n) is 4.47. The van der Waals surface area contributed by atoms with Crippen molar-refractivity contribution in [2.75, 3.05) is 13.2 Å². The molecule has 7 nitrogen and oxygen atoms in total. The van der Waals surface area contributed by atoms with Gasteiger partial charge in [0.15, 0.2) is 6.61 Å². The summed E-state index contributed by atoms with van der Waals surface area (Å²) in [6.45, 7) is 0.155. The summed E-state index contributed by atoms with van der Waals surface area (Å²) in [4.78, 5) is 27.5. The second kappa shape index (κ2) is 7.36. The van der Waals surface area contributed by atoms with Crippen LogP contribution in [0.25, 0.3) is 17.1 Å². The molecule has 1 amide bonds. The van der Waals surface area contributed by atoms with Crippen LogP contribution in [0.5, 0.6) is 5.75 Å². The highest BCUT2D eigenvalue weighted by atomic mass is 35.5. The van der Waals surface area contributed by atoms with Crippen molar-refractivity contribution in [2.24, 2.45) is 0 Å². The minimum atomic E-state index is -1.08. The third kappa shape index (κ3) is 3.44. The van der Waals surface area contributed by atoms with E-state index in [1.807, 2.05) is 18.2 Å². The van der Waals surface area contributed by atoms with Gasteiger partial charge in [0.05, 0.1) is 5.56 Å². The van der Waals surface area contributed by atoms with Gasteiger partial charge in [0, 0.05) is 35.2 Å². The lowest BCUT2D eigenvalue weighted by Gasteiger charge is -2.18. The van der Waals surface area contributed by atoms with E-state index in [0.717, 1.165) is 17.7 Å². The van der Waals surface area contributed by atoms with E-state index in [-0.39, 0.29) is 5.91 Å². The second-order valence-corrected chi connectivity index (χ2v) is 6.73. The molecule has 0 atom stereocenters. The summed E-state index contributed by atoms with van der Waals surface area (Å²) in [7, 11) is 0. The van der Waals surface area contributed by atoms with Gasteiger partial charge in [0.1, 0.15) is 11.6 Å². The topological polar surface area (TPSA) is 93.4 Å². The number of rotatable bonds is 5.